The molecule has 0 nitrogen and oxygen atoms in total. The maximum atomic E-state index is 3.56. The van der Waals surface area contributed by atoms with Gasteiger partial charge in [0, 0.05) is 0 Å². The summed E-state index contributed by atoms with van der Waals surface area (Å²) < 4.78 is 0. The highest BCUT2D eigenvalue weighted by molar-refractivity contribution is 6.61. The van der Waals surface area contributed by atoms with Gasteiger partial charge in [-0.2, -0.15) is 0 Å². The highest BCUT2D eigenvalue weighted by Gasteiger charge is 1.81. The first-order chi connectivity index (χ1) is 3.27. The van der Waals surface area contributed by atoms with Crippen LogP contribution in [0.4, 0.5) is 0 Å². The number of rotatable bonds is 2. The standard InChI is InChI=1S/C6H11Si/c1-4-5-6-7(2)3/h4-6H,1H2,2-3H3/b6-5-. The molecule has 1 heteroatoms. The summed E-state index contributed by atoms with van der Waals surface area (Å²) in [6.45, 7) is 8.04. The molecule has 0 spiro atoms. The van der Waals surface area contributed by atoms with Crippen molar-refractivity contribution < 1.29 is 0 Å². The van der Waals surface area contributed by atoms with Gasteiger partial charge in [0.15, 0.2) is 0 Å². The molecule has 0 unspecified atom stereocenters. The fraction of sp³-hybridized carbons (Fsp3) is 0.333. The van der Waals surface area contributed by atoms with E-state index in [1.807, 2.05) is 12.2 Å². The van der Waals surface area contributed by atoms with Crippen LogP contribution >= 0.6 is 0 Å². The van der Waals surface area contributed by atoms with E-state index >= 15 is 0 Å². The fourth-order valence-electron chi connectivity index (χ4n) is 0.260. The minimum absolute atomic E-state index is 0.149. The quantitative estimate of drug-likeness (QED) is 0.378. The molecule has 0 aliphatic rings. The second-order valence-corrected chi connectivity index (χ2v) is 4.16. The van der Waals surface area contributed by atoms with E-state index < -0.39 is 0 Å². The van der Waals surface area contributed by atoms with E-state index in [0.717, 1.165) is 0 Å². The van der Waals surface area contributed by atoms with Gasteiger partial charge in [0.1, 0.15) is 0 Å². The van der Waals surface area contributed by atoms with E-state index in [-0.39, 0.29) is 8.80 Å². The van der Waals surface area contributed by atoms with Crippen LogP contribution in [-0.2, 0) is 0 Å². The number of allylic oxidation sites excluding steroid dienone is 2. The van der Waals surface area contributed by atoms with Gasteiger partial charge in [0.2, 0.25) is 0 Å². The molecule has 0 amide bonds. The zero-order chi connectivity index (χ0) is 5.70. The largest absolute Gasteiger partial charge is 0.0991 e. The van der Waals surface area contributed by atoms with Crippen LogP contribution in [0.25, 0.3) is 0 Å². The second-order valence-electron chi connectivity index (χ2n) is 1.67. The zero-order valence-electron chi connectivity index (χ0n) is 4.94. The van der Waals surface area contributed by atoms with Gasteiger partial charge in [-0.25, -0.2) is 0 Å². The first-order valence-electron chi connectivity index (χ1n) is 2.36. The molecule has 0 aromatic rings. The van der Waals surface area contributed by atoms with Crippen molar-refractivity contribution in [1.82, 2.24) is 0 Å². The average Bonchev–Trinajstić information content (AvgIpc) is 1.61. The predicted molar refractivity (Wildman–Crippen MR) is 36.8 cm³/mol. The van der Waals surface area contributed by atoms with Crippen molar-refractivity contribution in [2.75, 3.05) is 0 Å². The van der Waals surface area contributed by atoms with Crippen LogP contribution in [0.3, 0.4) is 0 Å². The summed E-state index contributed by atoms with van der Waals surface area (Å²) in [5, 5.41) is 0. The summed E-state index contributed by atoms with van der Waals surface area (Å²) in [4.78, 5) is 0. The van der Waals surface area contributed by atoms with Gasteiger partial charge in [-0.05, 0) is 0 Å². The fourth-order valence-corrected chi connectivity index (χ4v) is 0.781. The Morgan fingerprint density at radius 1 is 1.43 bits per heavy atom. The second kappa shape index (κ2) is 3.87. The molecule has 7 heavy (non-hydrogen) atoms. The molecule has 0 aliphatic carbocycles. The SMILES string of the molecule is C=C/C=C\[Si](C)C. The van der Waals surface area contributed by atoms with Crippen molar-refractivity contribution in [3.8, 4) is 0 Å². The Morgan fingerprint density at radius 3 is 2.14 bits per heavy atom. The Labute approximate surface area is 47.2 Å². The lowest BCUT2D eigenvalue weighted by atomic mass is 10.6. The van der Waals surface area contributed by atoms with E-state index in [0.29, 0.717) is 0 Å². The van der Waals surface area contributed by atoms with Crippen LogP contribution in [-0.4, -0.2) is 8.80 Å². The molecule has 0 saturated heterocycles. The summed E-state index contributed by atoms with van der Waals surface area (Å²) in [5.41, 5.74) is 2.21. The van der Waals surface area contributed by atoms with E-state index in [4.69, 9.17) is 0 Å². The van der Waals surface area contributed by atoms with Gasteiger partial charge in [-0.3, -0.25) is 0 Å². The topological polar surface area (TPSA) is 0 Å². The van der Waals surface area contributed by atoms with Crippen molar-refractivity contribution in [2.45, 2.75) is 13.1 Å². The lowest BCUT2D eigenvalue weighted by Gasteiger charge is -1.84. The van der Waals surface area contributed by atoms with Crippen molar-refractivity contribution >= 4 is 8.80 Å². The Balaban J connectivity index is 3.25. The molecule has 0 fully saturated rings. The zero-order valence-corrected chi connectivity index (χ0v) is 5.94. The highest BCUT2D eigenvalue weighted by atomic mass is 28.3. The van der Waals surface area contributed by atoms with Crippen LogP contribution in [0, 0.1) is 0 Å². The maximum Gasteiger partial charge on any atom is 0.0693 e. The molecule has 0 heterocycles. The molecular weight excluding hydrogens is 100 g/mol. The third-order valence-electron chi connectivity index (χ3n) is 0.566. The van der Waals surface area contributed by atoms with Gasteiger partial charge in [0.25, 0.3) is 0 Å². The normalized spacial score (nSPS) is 10.7. The van der Waals surface area contributed by atoms with Crippen molar-refractivity contribution in [2.24, 2.45) is 0 Å². The molecule has 0 rings (SSSR count). The summed E-state index contributed by atoms with van der Waals surface area (Å²) in [6, 6.07) is 0. The Hall–Kier alpha value is -0.303. The average molecular weight is 111 g/mol. The molecule has 0 atom stereocenters. The van der Waals surface area contributed by atoms with Crippen LogP contribution in [0.15, 0.2) is 24.4 Å². The van der Waals surface area contributed by atoms with Crippen molar-refractivity contribution in [3.05, 3.63) is 24.4 Å². The molecular formula is C6H11Si. The van der Waals surface area contributed by atoms with Crippen molar-refractivity contribution in [3.63, 3.8) is 0 Å². The predicted octanol–water partition coefficient (Wildman–Crippen LogP) is 2.02. The maximum absolute atomic E-state index is 3.56. The summed E-state index contributed by atoms with van der Waals surface area (Å²) in [6.07, 6.45) is 3.83. The van der Waals surface area contributed by atoms with Crippen LogP contribution in [0.2, 0.25) is 13.1 Å². The van der Waals surface area contributed by atoms with Crippen LogP contribution in [0.5, 0.6) is 0 Å². The molecule has 0 aromatic heterocycles. The first kappa shape index (κ1) is 6.70. The molecule has 0 saturated carbocycles. The molecule has 0 bridgehead atoms. The Kier molecular flexibility index (Phi) is 3.70. The Bertz CT molecular complexity index is 72.2. The van der Waals surface area contributed by atoms with Gasteiger partial charge < -0.3 is 0 Å². The smallest absolute Gasteiger partial charge is 0.0693 e. The van der Waals surface area contributed by atoms with E-state index in [2.05, 4.69) is 25.4 Å². The minimum Gasteiger partial charge on any atom is -0.0991 e. The summed E-state index contributed by atoms with van der Waals surface area (Å²) in [5.74, 6) is 0. The van der Waals surface area contributed by atoms with E-state index in [9.17, 15) is 0 Å². The first-order valence-corrected chi connectivity index (χ1v) is 4.94. The molecule has 0 aliphatic heterocycles. The van der Waals surface area contributed by atoms with Gasteiger partial charge in [0.05, 0.1) is 8.80 Å². The Morgan fingerprint density at radius 2 is 2.00 bits per heavy atom. The molecule has 0 N–H and O–H groups in total. The van der Waals surface area contributed by atoms with Gasteiger partial charge >= 0.3 is 0 Å². The van der Waals surface area contributed by atoms with Gasteiger partial charge in [-0.1, -0.05) is 37.5 Å². The minimum atomic E-state index is -0.149. The van der Waals surface area contributed by atoms with E-state index in [1.54, 1.807) is 0 Å². The summed E-state index contributed by atoms with van der Waals surface area (Å²) in [7, 11) is -0.149. The van der Waals surface area contributed by atoms with Gasteiger partial charge in [-0.15, -0.1) is 0 Å². The number of hydrogen-bond acceptors (Lipinski definition) is 0. The van der Waals surface area contributed by atoms with Crippen molar-refractivity contribution in [1.29, 1.82) is 0 Å². The molecule has 0 aromatic carbocycles. The third-order valence-corrected chi connectivity index (χ3v) is 1.42. The van der Waals surface area contributed by atoms with E-state index in [1.165, 1.54) is 0 Å². The number of hydrogen-bond donors (Lipinski definition) is 0. The summed E-state index contributed by atoms with van der Waals surface area (Å²) >= 11 is 0. The lowest BCUT2D eigenvalue weighted by molar-refractivity contribution is 1.95. The van der Waals surface area contributed by atoms with Crippen LogP contribution in [0.1, 0.15) is 0 Å². The molecule has 1 radical (unpaired) electrons. The highest BCUT2D eigenvalue weighted by Crippen LogP contribution is 1.80. The monoisotopic (exact) mass is 111 g/mol. The third kappa shape index (κ3) is 5.70. The molecule has 39 valence electrons. The van der Waals surface area contributed by atoms with Crippen LogP contribution < -0.4 is 0 Å². The lowest BCUT2D eigenvalue weighted by Crippen LogP contribution is -1.90.